The highest BCUT2D eigenvalue weighted by Gasteiger charge is 2.29. The van der Waals surface area contributed by atoms with Gasteiger partial charge in [0.2, 0.25) is 0 Å². The molecule has 0 aliphatic rings. The van der Waals surface area contributed by atoms with Crippen LogP contribution in [0.3, 0.4) is 0 Å². The van der Waals surface area contributed by atoms with Crippen molar-refractivity contribution < 1.29 is 17.9 Å². The number of methoxy groups -OCH3 is 1. The normalized spacial score (nSPS) is 11.8. The Kier molecular flexibility index (Phi) is 4.09. The van der Waals surface area contributed by atoms with Gasteiger partial charge in [-0.3, -0.25) is 4.79 Å². The summed E-state index contributed by atoms with van der Waals surface area (Å²) in [7, 11) is 1.36. The van der Waals surface area contributed by atoms with Crippen LogP contribution in [0.5, 0.6) is 0 Å². The molecule has 0 aliphatic carbocycles. The molecule has 1 aromatic rings. The Morgan fingerprint density at radius 1 is 1.50 bits per heavy atom. The van der Waals surface area contributed by atoms with E-state index in [1.165, 1.54) is 7.11 Å². The van der Waals surface area contributed by atoms with E-state index in [4.69, 9.17) is 4.74 Å². The van der Waals surface area contributed by atoms with Gasteiger partial charge in [0, 0.05) is 7.11 Å². The zero-order valence-corrected chi connectivity index (χ0v) is 9.78. The number of hydrogen-bond donors (Lipinski definition) is 1. The molecule has 0 saturated heterocycles. The maximum atomic E-state index is 12.1. The predicted octanol–water partition coefficient (Wildman–Crippen LogP) is 1.78. The fourth-order valence-corrected chi connectivity index (χ4v) is 1.37. The van der Waals surface area contributed by atoms with Crippen molar-refractivity contribution in [1.82, 2.24) is 9.97 Å². The first-order valence-electron chi connectivity index (χ1n) is 4.16. The van der Waals surface area contributed by atoms with Gasteiger partial charge in [-0.15, -0.1) is 0 Å². The van der Waals surface area contributed by atoms with Crippen LogP contribution in [0.4, 0.5) is 13.2 Å². The van der Waals surface area contributed by atoms with E-state index in [-0.39, 0.29) is 16.8 Å². The highest BCUT2D eigenvalue weighted by Crippen LogP contribution is 2.19. The van der Waals surface area contributed by atoms with Crippen LogP contribution in [-0.2, 0) is 17.8 Å². The molecule has 0 aromatic carbocycles. The molecule has 1 aromatic heterocycles. The average Bonchev–Trinajstić information content (AvgIpc) is 2.11. The Morgan fingerprint density at radius 3 is 2.62 bits per heavy atom. The molecule has 4 nitrogen and oxygen atoms in total. The first kappa shape index (κ1) is 13.2. The molecule has 0 aliphatic heterocycles. The van der Waals surface area contributed by atoms with Gasteiger partial charge < -0.3 is 9.72 Å². The average molecular weight is 301 g/mol. The Labute approximate surface area is 97.0 Å². The summed E-state index contributed by atoms with van der Waals surface area (Å²) in [4.78, 5) is 17.0. The van der Waals surface area contributed by atoms with E-state index in [9.17, 15) is 18.0 Å². The van der Waals surface area contributed by atoms with Gasteiger partial charge in [0.25, 0.3) is 5.56 Å². The third-order valence-electron chi connectivity index (χ3n) is 1.63. The number of aromatic nitrogens is 2. The van der Waals surface area contributed by atoms with Crippen molar-refractivity contribution in [3.8, 4) is 0 Å². The summed E-state index contributed by atoms with van der Waals surface area (Å²) in [5, 5.41) is 0. The van der Waals surface area contributed by atoms with Crippen molar-refractivity contribution in [2.24, 2.45) is 0 Å². The van der Waals surface area contributed by atoms with E-state index in [2.05, 4.69) is 20.9 Å². The van der Waals surface area contributed by atoms with Gasteiger partial charge in [0.1, 0.15) is 16.7 Å². The molecular weight excluding hydrogens is 293 g/mol. The van der Waals surface area contributed by atoms with Crippen molar-refractivity contribution in [2.45, 2.75) is 19.2 Å². The molecule has 0 atom stereocenters. The van der Waals surface area contributed by atoms with E-state index >= 15 is 0 Å². The van der Waals surface area contributed by atoms with Crippen LogP contribution in [0.15, 0.2) is 9.27 Å². The number of aromatic amines is 1. The molecule has 8 heteroatoms. The van der Waals surface area contributed by atoms with Crippen LogP contribution in [0.25, 0.3) is 0 Å². The number of ether oxygens (including phenoxy) is 1. The van der Waals surface area contributed by atoms with Crippen molar-refractivity contribution in [2.75, 3.05) is 7.11 Å². The van der Waals surface area contributed by atoms with Gasteiger partial charge in [0.15, 0.2) is 0 Å². The van der Waals surface area contributed by atoms with Crippen LogP contribution in [-0.4, -0.2) is 23.3 Å². The minimum absolute atomic E-state index is 0.0324. The molecule has 1 N–H and O–H groups in total. The van der Waals surface area contributed by atoms with Crippen molar-refractivity contribution in [1.29, 1.82) is 0 Å². The second-order valence-electron chi connectivity index (χ2n) is 3.00. The summed E-state index contributed by atoms with van der Waals surface area (Å²) >= 11 is 2.93. The van der Waals surface area contributed by atoms with Crippen LogP contribution >= 0.6 is 15.9 Å². The third-order valence-corrected chi connectivity index (χ3v) is 2.45. The molecular formula is C8H8BrF3N2O2. The molecule has 16 heavy (non-hydrogen) atoms. The molecule has 1 heterocycles. The Balaban J connectivity index is 3.09. The zero-order chi connectivity index (χ0) is 12.3. The molecule has 0 radical (unpaired) electrons. The molecule has 0 saturated carbocycles. The first-order chi connectivity index (χ1) is 7.33. The maximum absolute atomic E-state index is 12.1. The standard InChI is InChI=1S/C8H8BrF3N2O2/c1-16-3-4-6(9)7(15)14-5(13-4)2-8(10,11)12/h2-3H2,1H3,(H,13,14,15). The zero-order valence-electron chi connectivity index (χ0n) is 8.19. The molecule has 0 spiro atoms. The Bertz CT molecular complexity index is 430. The minimum atomic E-state index is -4.41. The molecule has 1 rings (SSSR count). The number of halogens is 4. The fourth-order valence-electron chi connectivity index (χ4n) is 1.06. The SMILES string of the molecule is COCc1nc(CC(F)(F)F)[nH]c(=O)c1Br. The summed E-state index contributed by atoms with van der Waals surface area (Å²) in [6, 6.07) is 0. The van der Waals surface area contributed by atoms with Crippen LogP contribution in [0, 0.1) is 0 Å². The number of rotatable bonds is 3. The summed E-state index contributed by atoms with van der Waals surface area (Å²) in [6.45, 7) is -0.0324. The van der Waals surface area contributed by atoms with Gasteiger partial charge in [-0.2, -0.15) is 13.2 Å². The topological polar surface area (TPSA) is 55.0 Å². The van der Waals surface area contributed by atoms with E-state index < -0.39 is 24.0 Å². The first-order valence-corrected chi connectivity index (χ1v) is 4.96. The number of nitrogens with one attached hydrogen (secondary N) is 1. The predicted molar refractivity (Wildman–Crippen MR) is 53.0 cm³/mol. The van der Waals surface area contributed by atoms with Crippen LogP contribution in [0.1, 0.15) is 11.5 Å². The Hall–Kier alpha value is -0.890. The van der Waals surface area contributed by atoms with Crippen molar-refractivity contribution >= 4 is 15.9 Å². The lowest BCUT2D eigenvalue weighted by Crippen LogP contribution is -2.21. The smallest absolute Gasteiger partial charge is 0.378 e. The number of H-pyrrole nitrogens is 1. The number of hydrogen-bond acceptors (Lipinski definition) is 3. The lowest BCUT2D eigenvalue weighted by molar-refractivity contribution is -0.128. The summed E-state index contributed by atoms with van der Waals surface area (Å²) in [5.74, 6) is -0.423. The van der Waals surface area contributed by atoms with Crippen LogP contribution < -0.4 is 5.56 Å². The maximum Gasteiger partial charge on any atom is 0.396 e. The molecule has 0 bridgehead atoms. The lowest BCUT2D eigenvalue weighted by Gasteiger charge is -2.08. The van der Waals surface area contributed by atoms with Gasteiger partial charge in [-0.25, -0.2) is 4.98 Å². The van der Waals surface area contributed by atoms with Gasteiger partial charge >= 0.3 is 6.18 Å². The van der Waals surface area contributed by atoms with Crippen LogP contribution in [0.2, 0.25) is 0 Å². The quantitative estimate of drug-likeness (QED) is 0.926. The summed E-state index contributed by atoms with van der Waals surface area (Å²) in [5.41, 5.74) is -0.508. The molecule has 0 unspecified atom stereocenters. The third kappa shape index (κ3) is 3.60. The molecule has 90 valence electrons. The monoisotopic (exact) mass is 300 g/mol. The number of alkyl halides is 3. The summed E-state index contributed by atoms with van der Waals surface area (Å²) in [6.07, 6.45) is -5.68. The van der Waals surface area contributed by atoms with E-state index in [0.717, 1.165) is 0 Å². The summed E-state index contributed by atoms with van der Waals surface area (Å²) < 4.78 is 41.1. The van der Waals surface area contributed by atoms with E-state index in [0.29, 0.717) is 0 Å². The van der Waals surface area contributed by atoms with Crippen molar-refractivity contribution in [3.63, 3.8) is 0 Å². The molecule has 0 fully saturated rings. The van der Waals surface area contributed by atoms with Gasteiger partial charge in [-0.1, -0.05) is 0 Å². The highest BCUT2D eigenvalue weighted by molar-refractivity contribution is 9.10. The second kappa shape index (κ2) is 4.96. The van der Waals surface area contributed by atoms with Gasteiger partial charge in [0.05, 0.1) is 12.3 Å². The highest BCUT2D eigenvalue weighted by atomic mass is 79.9. The largest absolute Gasteiger partial charge is 0.396 e. The molecule has 0 amide bonds. The van der Waals surface area contributed by atoms with E-state index in [1.807, 2.05) is 4.98 Å². The van der Waals surface area contributed by atoms with Crippen molar-refractivity contribution in [3.05, 3.63) is 26.3 Å². The lowest BCUT2D eigenvalue weighted by atomic mass is 10.3. The fraction of sp³-hybridized carbons (Fsp3) is 0.500. The van der Waals surface area contributed by atoms with Gasteiger partial charge in [-0.05, 0) is 15.9 Å². The number of nitrogens with zero attached hydrogens (tertiary/aromatic N) is 1. The minimum Gasteiger partial charge on any atom is -0.378 e. The van der Waals surface area contributed by atoms with E-state index in [1.54, 1.807) is 0 Å². The second-order valence-corrected chi connectivity index (χ2v) is 3.79. The Morgan fingerprint density at radius 2 is 2.12 bits per heavy atom.